The first-order chi connectivity index (χ1) is 9.29. The van der Waals surface area contributed by atoms with Gasteiger partial charge in [0.25, 0.3) is 0 Å². The quantitative estimate of drug-likeness (QED) is 0.821. The van der Waals surface area contributed by atoms with Crippen molar-refractivity contribution >= 4 is 0 Å². The lowest BCUT2D eigenvalue weighted by atomic mass is 10.0. The highest BCUT2D eigenvalue weighted by Gasteiger charge is 2.00. The molecule has 0 heterocycles. The summed E-state index contributed by atoms with van der Waals surface area (Å²) in [4.78, 5) is 0. The van der Waals surface area contributed by atoms with Crippen molar-refractivity contribution < 1.29 is 5.11 Å². The van der Waals surface area contributed by atoms with Gasteiger partial charge in [0.05, 0.1) is 11.6 Å². The number of para-hydroxylation sites is 1. The summed E-state index contributed by atoms with van der Waals surface area (Å²) in [6, 6.07) is 17.4. The van der Waals surface area contributed by atoms with Gasteiger partial charge >= 0.3 is 0 Å². The predicted molar refractivity (Wildman–Crippen MR) is 75.9 cm³/mol. The largest absolute Gasteiger partial charge is 0.508 e. The van der Waals surface area contributed by atoms with Crippen LogP contribution >= 0.6 is 0 Å². The number of unbranched alkanes of at least 4 members (excludes halogenated alkanes) is 1. The van der Waals surface area contributed by atoms with Crippen LogP contribution in [0.25, 0.3) is 0 Å². The van der Waals surface area contributed by atoms with Crippen LogP contribution in [0, 0.1) is 11.3 Å². The summed E-state index contributed by atoms with van der Waals surface area (Å²) < 4.78 is 0. The molecule has 0 bridgehead atoms. The molecule has 0 saturated heterocycles. The molecule has 1 N–H and O–H groups in total. The molecule has 0 aromatic heterocycles. The monoisotopic (exact) mass is 251 g/mol. The van der Waals surface area contributed by atoms with Crippen molar-refractivity contribution in [3.05, 3.63) is 65.2 Å². The maximum atomic E-state index is 9.66. The van der Waals surface area contributed by atoms with Gasteiger partial charge in [-0.15, -0.1) is 0 Å². The number of hydrogen-bond donors (Lipinski definition) is 1. The van der Waals surface area contributed by atoms with Crippen molar-refractivity contribution in [2.24, 2.45) is 0 Å². The van der Waals surface area contributed by atoms with Gasteiger partial charge in [-0.05, 0) is 55.0 Å². The number of rotatable bonds is 5. The van der Waals surface area contributed by atoms with Crippen molar-refractivity contribution in [1.82, 2.24) is 0 Å². The highest BCUT2D eigenvalue weighted by Crippen LogP contribution is 2.18. The fraction of sp³-hybridized carbons (Fsp3) is 0.235. The Labute approximate surface area is 114 Å². The van der Waals surface area contributed by atoms with Crippen molar-refractivity contribution in [2.75, 3.05) is 0 Å². The van der Waals surface area contributed by atoms with Crippen LogP contribution in [0.5, 0.6) is 5.75 Å². The van der Waals surface area contributed by atoms with Gasteiger partial charge in [-0.3, -0.25) is 0 Å². The van der Waals surface area contributed by atoms with Gasteiger partial charge in [-0.25, -0.2) is 0 Å². The zero-order chi connectivity index (χ0) is 13.5. The first kappa shape index (κ1) is 13.2. The van der Waals surface area contributed by atoms with Crippen LogP contribution < -0.4 is 0 Å². The van der Waals surface area contributed by atoms with Crippen LogP contribution in [0.4, 0.5) is 0 Å². The first-order valence-corrected chi connectivity index (χ1v) is 6.55. The molecule has 2 aromatic rings. The minimum atomic E-state index is 0.383. The molecule has 0 unspecified atom stereocenters. The van der Waals surface area contributed by atoms with E-state index in [4.69, 9.17) is 5.26 Å². The number of nitriles is 1. The Hall–Kier alpha value is -2.27. The standard InChI is InChI=1S/C17H17NO/c18-13-15-8-5-7-14(12-15)6-1-2-9-16-10-3-4-11-17(16)19/h3-5,7-8,10-12,19H,1-2,6,9H2. The lowest BCUT2D eigenvalue weighted by Crippen LogP contribution is -1.90. The van der Waals surface area contributed by atoms with Crippen LogP contribution in [0.15, 0.2) is 48.5 Å². The average molecular weight is 251 g/mol. The van der Waals surface area contributed by atoms with Crippen LogP contribution in [0.1, 0.15) is 29.5 Å². The van der Waals surface area contributed by atoms with Crippen LogP contribution in [0.3, 0.4) is 0 Å². The minimum Gasteiger partial charge on any atom is -0.508 e. The van der Waals surface area contributed by atoms with E-state index in [0.717, 1.165) is 36.8 Å². The third-order valence-corrected chi connectivity index (χ3v) is 3.21. The molecule has 19 heavy (non-hydrogen) atoms. The van der Waals surface area contributed by atoms with Crippen molar-refractivity contribution in [3.8, 4) is 11.8 Å². The maximum Gasteiger partial charge on any atom is 0.118 e. The number of aryl methyl sites for hydroxylation is 2. The van der Waals surface area contributed by atoms with Crippen LogP contribution in [-0.2, 0) is 12.8 Å². The highest BCUT2D eigenvalue weighted by atomic mass is 16.3. The third-order valence-electron chi connectivity index (χ3n) is 3.21. The summed E-state index contributed by atoms with van der Waals surface area (Å²) in [6.45, 7) is 0. The molecule has 96 valence electrons. The molecular formula is C17H17NO. The second kappa shape index (κ2) is 6.61. The van der Waals surface area contributed by atoms with Gasteiger partial charge < -0.3 is 5.11 Å². The smallest absolute Gasteiger partial charge is 0.118 e. The summed E-state index contributed by atoms with van der Waals surface area (Å²) in [7, 11) is 0. The van der Waals surface area contributed by atoms with Gasteiger partial charge in [0.1, 0.15) is 5.75 Å². The number of hydrogen-bond acceptors (Lipinski definition) is 2. The van der Waals surface area contributed by atoms with E-state index in [9.17, 15) is 5.11 Å². The Bertz CT molecular complexity index is 584. The molecule has 0 aliphatic rings. The zero-order valence-corrected chi connectivity index (χ0v) is 10.8. The lowest BCUT2D eigenvalue weighted by Gasteiger charge is -2.04. The Morgan fingerprint density at radius 1 is 0.947 bits per heavy atom. The Kier molecular flexibility index (Phi) is 4.58. The van der Waals surface area contributed by atoms with E-state index in [1.54, 1.807) is 6.07 Å². The number of benzene rings is 2. The molecule has 0 atom stereocenters. The summed E-state index contributed by atoms with van der Waals surface area (Å²) in [5.41, 5.74) is 2.93. The molecule has 0 saturated carbocycles. The van der Waals surface area contributed by atoms with Crippen LogP contribution in [-0.4, -0.2) is 5.11 Å². The molecule has 0 aliphatic heterocycles. The predicted octanol–water partition coefficient (Wildman–Crippen LogP) is 3.83. The second-order valence-electron chi connectivity index (χ2n) is 4.65. The van der Waals surface area contributed by atoms with Crippen molar-refractivity contribution in [3.63, 3.8) is 0 Å². The summed E-state index contributed by atoms with van der Waals surface area (Å²) in [6.07, 6.45) is 3.96. The van der Waals surface area contributed by atoms with Gasteiger partial charge in [0.15, 0.2) is 0 Å². The van der Waals surface area contributed by atoms with Crippen molar-refractivity contribution in [2.45, 2.75) is 25.7 Å². The second-order valence-corrected chi connectivity index (χ2v) is 4.65. The molecule has 0 amide bonds. The summed E-state index contributed by atoms with van der Waals surface area (Å²) in [5, 5.41) is 18.5. The van der Waals surface area contributed by atoms with E-state index in [1.807, 2.05) is 36.4 Å². The van der Waals surface area contributed by atoms with Crippen LogP contribution in [0.2, 0.25) is 0 Å². The van der Waals surface area contributed by atoms with E-state index < -0.39 is 0 Å². The van der Waals surface area contributed by atoms with Crippen molar-refractivity contribution in [1.29, 1.82) is 5.26 Å². The normalized spacial score (nSPS) is 10.1. The lowest BCUT2D eigenvalue weighted by molar-refractivity contribution is 0.466. The molecule has 0 radical (unpaired) electrons. The SMILES string of the molecule is N#Cc1cccc(CCCCc2ccccc2O)c1. The number of aromatic hydroxyl groups is 1. The number of phenols is 1. The maximum absolute atomic E-state index is 9.66. The highest BCUT2D eigenvalue weighted by molar-refractivity contribution is 5.33. The molecular weight excluding hydrogens is 234 g/mol. The Balaban J connectivity index is 1.81. The molecule has 2 nitrogen and oxygen atoms in total. The Morgan fingerprint density at radius 2 is 1.74 bits per heavy atom. The Morgan fingerprint density at radius 3 is 2.53 bits per heavy atom. The fourth-order valence-corrected chi connectivity index (χ4v) is 2.16. The molecule has 0 aliphatic carbocycles. The van der Waals surface area contributed by atoms with E-state index >= 15 is 0 Å². The third kappa shape index (κ3) is 3.86. The van der Waals surface area contributed by atoms with E-state index in [1.165, 1.54) is 5.56 Å². The van der Waals surface area contributed by atoms with E-state index in [2.05, 4.69) is 12.1 Å². The molecule has 0 spiro atoms. The minimum absolute atomic E-state index is 0.383. The molecule has 2 rings (SSSR count). The molecule has 2 aromatic carbocycles. The van der Waals surface area contributed by atoms with Gasteiger partial charge in [-0.2, -0.15) is 5.26 Å². The first-order valence-electron chi connectivity index (χ1n) is 6.55. The van der Waals surface area contributed by atoms with Gasteiger partial charge in [0.2, 0.25) is 0 Å². The zero-order valence-electron chi connectivity index (χ0n) is 10.8. The molecule has 2 heteroatoms. The van der Waals surface area contributed by atoms with E-state index in [-0.39, 0.29) is 0 Å². The van der Waals surface area contributed by atoms with E-state index in [0.29, 0.717) is 5.75 Å². The topological polar surface area (TPSA) is 44.0 Å². The molecule has 0 fully saturated rings. The average Bonchev–Trinajstić information content (AvgIpc) is 2.45. The fourth-order valence-electron chi connectivity index (χ4n) is 2.16. The number of phenolic OH excluding ortho intramolecular Hbond substituents is 1. The number of nitrogens with zero attached hydrogens (tertiary/aromatic N) is 1. The summed E-state index contributed by atoms with van der Waals surface area (Å²) in [5.74, 6) is 0.383. The van der Waals surface area contributed by atoms with Gasteiger partial charge in [-0.1, -0.05) is 30.3 Å². The summed E-state index contributed by atoms with van der Waals surface area (Å²) >= 11 is 0. The van der Waals surface area contributed by atoms with Gasteiger partial charge in [0, 0.05) is 0 Å².